The molecule has 1 aromatic carbocycles. The molecular weight excluding hydrogens is 448 g/mol. The molecule has 0 saturated carbocycles. The quantitative estimate of drug-likeness (QED) is 0.343. The maximum absolute atomic E-state index is 13.3. The van der Waals surface area contributed by atoms with Crippen molar-refractivity contribution in [1.29, 1.82) is 0 Å². The molecule has 1 saturated heterocycles. The van der Waals surface area contributed by atoms with Crippen LogP contribution >= 0.6 is 0 Å². The molecule has 1 aromatic rings. The van der Waals surface area contributed by atoms with Crippen LogP contribution in [-0.2, 0) is 14.4 Å². The molecule has 1 amide bonds. The number of hydrogen-bond acceptors (Lipinski definition) is 6. The Morgan fingerprint density at radius 1 is 1.23 bits per heavy atom. The summed E-state index contributed by atoms with van der Waals surface area (Å²) in [6, 6.07) is 5.33. The Hall–Kier alpha value is -2.58. The van der Waals surface area contributed by atoms with Crippen molar-refractivity contribution in [3.05, 3.63) is 35.9 Å². The van der Waals surface area contributed by atoms with E-state index in [1.807, 2.05) is 49.9 Å². The Kier molecular flexibility index (Phi) is 9.19. The largest absolute Gasteiger partial charge is 0.481 e. The molecule has 0 aliphatic carbocycles. The first-order valence-corrected chi connectivity index (χ1v) is 12.6. The summed E-state index contributed by atoms with van der Waals surface area (Å²) >= 11 is 0. The van der Waals surface area contributed by atoms with Gasteiger partial charge >= 0.3 is 5.97 Å². The molecule has 194 valence electrons. The summed E-state index contributed by atoms with van der Waals surface area (Å²) in [5.41, 5.74) is 0.665. The third kappa shape index (κ3) is 6.55. The van der Waals surface area contributed by atoms with Crippen molar-refractivity contribution in [3.63, 3.8) is 0 Å². The van der Waals surface area contributed by atoms with E-state index in [-0.39, 0.29) is 36.6 Å². The lowest BCUT2D eigenvalue weighted by Gasteiger charge is -2.33. The highest BCUT2D eigenvalue weighted by molar-refractivity contribution is 5.78. The van der Waals surface area contributed by atoms with Gasteiger partial charge in [-0.25, -0.2) is 5.06 Å². The first-order chi connectivity index (χ1) is 16.7. The molecule has 0 bridgehead atoms. The van der Waals surface area contributed by atoms with Gasteiger partial charge in [0.25, 0.3) is 5.91 Å². The van der Waals surface area contributed by atoms with Gasteiger partial charge in [-0.3, -0.25) is 19.3 Å². The van der Waals surface area contributed by atoms with Crippen molar-refractivity contribution < 1.29 is 29.0 Å². The van der Waals surface area contributed by atoms with E-state index in [2.05, 4.69) is 19.9 Å². The number of carboxylic acid groups (broad SMARTS) is 1. The van der Waals surface area contributed by atoms with Crippen LogP contribution in [-0.4, -0.2) is 66.0 Å². The van der Waals surface area contributed by atoms with Crippen LogP contribution in [0.5, 0.6) is 11.5 Å². The maximum atomic E-state index is 13.3. The van der Waals surface area contributed by atoms with Crippen LogP contribution in [0.2, 0.25) is 0 Å². The Morgan fingerprint density at radius 3 is 2.63 bits per heavy atom. The number of rotatable bonds is 12. The molecule has 0 aromatic heterocycles. The lowest BCUT2D eigenvalue weighted by molar-refractivity contribution is -0.188. The van der Waals surface area contributed by atoms with Gasteiger partial charge in [0.05, 0.1) is 19.1 Å². The predicted molar refractivity (Wildman–Crippen MR) is 133 cm³/mol. The summed E-state index contributed by atoms with van der Waals surface area (Å²) in [5, 5.41) is 11.8. The van der Waals surface area contributed by atoms with Crippen molar-refractivity contribution in [3.8, 4) is 11.5 Å². The van der Waals surface area contributed by atoms with Crippen molar-refractivity contribution in [2.75, 3.05) is 33.0 Å². The van der Waals surface area contributed by atoms with Crippen LogP contribution in [0.15, 0.2) is 30.4 Å². The van der Waals surface area contributed by atoms with Crippen LogP contribution in [0.1, 0.15) is 65.4 Å². The molecule has 8 nitrogen and oxygen atoms in total. The monoisotopic (exact) mass is 488 g/mol. The SMILES string of the molecule is C/C=C/C(C)(C)CC1C(C(=O)O)C(c2ccc3c(c2)OCO3)CN1CC(=O)N(CCC)OCCC. The lowest BCUT2D eigenvalue weighted by atomic mass is 9.77. The summed E-state index contributed by atoms with van der Waals surface area (Å²) in [6.45, 7) is 11.9. The van der Waals surface area contributed by atoms with Crippen LogP contribution in [0.4, 0.5) is 0 Å². The summed E-state index contributed by atoms with van der Waals surface area (Å²) in [4.78, 5) is 33.7. The number of amides is 1. The van der Waals surface area contributed by atoms with Gasteiger partial charge in [-0.1, -0.05) is 45.9 Å². The number of fused-ring (bicyclic) bond motifs is 1. The zero-order chi connectivity index (χ0) is 25.6. The number of allylic oxidation sites excluding steroid dienone is 2. The number of aliphatic carboxylic acids is 1. The van der Waals surface area contributed by atoms with Gasteiger partial charge in [0.15, 0.2) is 11.5 Å². The van der Waals surface area contributed by atoms with E-state index < -0.39 is 11.9 Å². The molecule has 3 unspecified atom stereocenters. The van der Waals surface area contributed by atoms with Gasteiger partial charge in [-0.2, -0.15) is 0 Å². The second kappa shape index (κ2) is 11.9. The van der Waals surface area contributed by atoms with Gasteiger partial charge in [-0.05, 0) is 49.3 Å². The number of hydrogen-bond donors (Lipinski definition) is 1. The normalized spacial score (nSPS) is 22.1. The zero-order valence-electron chi connectivity index (χ0n) is 21.7. The molecule has 35 heavy (non-hydrogen) atoms. The average Bonchev–Trinajstić information content (AvgIpc) is 3.40. The highest BCUT2D eigenvalue weighted by atomic mass is 16.7. The second-order valence-corrected chi connectivity index (χ2v) is 10.1. The van der Waals surface area contributed by atoms with E-state index in [1.165, 1.54) is 5.06 Å². The van der Waals surface area contributed by atoms with Gasteiger partial charge in [0, 0.05) is 25.0 Å². The lowest BCUT2D eigenvalue weighted by Crippen LogP contribution is -2.45. The van der Waals surface area contributed by atoms with E-state index >= 15 is 0 Å². The Bertz CT molecular complexity index is 915. The molecule has 8 heteroatoms. The molecule has 3 atom stereocenters. The maximum Gasteiger partial charge on any atom is 0.308 e. The average molecular weight is 489 g/mol. The fraction of sp³-hybridized carbons (Fsp3) is 0.630. The molecular formula is C27H40N2O6. The summed E-state index contributed by atoms with van der Waals surface area (Å²) in [6.07, 6.45) is 6.31. The second-order valence-electron chi connectivity index (χ2n) is 10.1. The first kappa shape index (κ1) is 27.0. The Labute approximate surface area is 208 Å². The van der Waals surface area contributed by atoms with Crippen LogP contribution in [0.25, 0.3) is 0 Å². The Morgan fingerprint density at radius 2 is 1.97 bits per heavy atom. The number of carbonyl (C=O) groups excluding carboxylic acids is 1. The summed E-state index contributed by atoms with van der Waals surface area (Å²) < 4.78 is 11.0. The van der Waals surface area contributed by atoms with Gasteiger partial charge in [0.1, 0.15) is 0 Å². The number of likely N-dealkylation sites (tertiary alicyclic amines) is 1. The molecule has 1 fully saturated rings. The zero-order valence-corrected chi connectivity index (χ0v) is 21.7. The predicted octanol–water partition coefficient (Wildman–Crippen LogP) is 4.46. The third-order valence-corrected chi connectivity index (χ3v) is 6.71. The molecule has 2 heterocycles. The molecule has 0 radical (unpaired) electrons. The van der Waals surface area contributed by atoms with Gasteiger partial charge < -0.3 is 14.6 Å². The number of hydroxylamine groups is 2. The summed E-state index contributed by atoms with van der Waals surface area (Å²) in [7, 11) is 0. The number of nitrogens with zero attached hydrogens (tertiary/aromatic N) is 2. The number of carboxylic acids is 1. The van der Waals surface area contributed by atoms with Crippen LogP contribution in [0, 0.1) is 11.3 Å². The highest BCUT2D eigenvalue weighted by Gasteiger charge is 2.48. The highest BCUT2D eigenvalue weighted by Crippen LogP contribution is 2.45. The standard InChI is InChI=1S/C27H40N2O6/c1-6-11-27(4,5)15-21-25(26(31)32)20(19-9-10-22-23(14-19)34-18-33-22)16-28(21)17-24(30)29(12-7-2)35-13-8-3/h6,9-11,14,20-21,25H,7-8,12-13,15-18H2,1-5H3,(H,31,32)/b11-6+. The minimum Gasteiger partial charge on any atom is -0.481 e. The number of benzene rings is 1. The van der Waals surface area contributed by atoms with E-state index in [0.29, 0.717) is 37.6 Å². The van der Waals surface area contributed by atoms with E-state index in [4.69, 9.17) is 14.3 Å². The summed E-state index contributed by atoms with van der Waals surface area (Å²) in [5.74, 6) is -0.629. The molecule has 2 aliphatic heterocycles. The minimum absolute atomic E-state index is 0.116. The number of ether oxygens (including phenoxy) is 2. The number of carbonyl (C=O) groups is 2. The molecule has 3 rings (SSSR count). The fourth-order valence-electron chi connectivity index (χ4n) is 5.20. The van der Waals surface area contributed by atoms with Crippen LogP contribution in [0.3, 0.4) is 0 Å². The minimum atomic E-state index is -0.850. The van der Waals surface area contributed by atoms with Crippen LogP contribution < -0.4 is 9.47 Å². The molecule has 1 N–H and O–H groups in total. The van der Waals surface area contributed by atoms with Crippen molar-refractivity contribution in [2.24, 2.45) is 11.3 Å². The van der Waals surface area contributed by atoms with Gasteiger partial charge in [0.2, 0.25) is 6.79 Å². The third-order valence-electron chi connectivity index (χ3n) is 6.71. The van der Waals surface area contributed by atoms with E-state index in [9.17, 15) is 14.7 Å². The topological polar surface area (TPSA) is 88.5 Å². The first-order valence-electron chi connectivity index (χ1n) is 12.6. The van der Waals surface area contributed by atoms with Crippen molar-refractivity contribution in [2.45, 2.75) is 65.8 Å². The molecule has 0 spiro atoms. The molecule has 2 aliphatic rings. The fourth-order valence-corrected chi connectivity index (χ4v) is 5.20. The van der Waals surface area contributed by atoms with E-state index in [1.54, 1.807) is 0 Å². The smallest absolute Gasteiger partial charge is 0.308 e. The Balaban J connectivity index is 1.92. The van der Waals surface area contributed by atoms with E-state index in [0.717, 1.165) is 18.4 Å². The van der Waals surface area contributed by atoms with Crippen molar-refractivity contribution in [1.82, 2.24) is 9.96 Å². The van der Waals surface area contributed by atoms with Gasteiger partial charge in [-0.15, -0.1) is 0 Å². The van der Waals surface area contributed by atoms with Crippen molar-refractivity contribution >= 4 is 11.9 Å².